The van der Waals surface area contributed by atoms with E-state index in [9.17, 15) is 4.79 Å². The third-order valence-corrected chi connectivity index (χ3v) is 1.69. The van der Waals surface area contributed by atoms with Crippen molar-refractivity contribution in [1.29, 1.82) is 0 Å². The molecule has 0 aliphatic rings. The van der Waals surface area contributed by atoms with Crippen molar-refractivity contribution in [2.75, 3.05) is 4.72 Å². The summed E-state index contributed by atoms with van der Waals surface area (Å²) in [4.78, 5) is 10.6. The zero-order valence-electron chi connectivity index (χ0n) is 6.45. The van der Waals surface area contributed by atoms with Crippen LogP contribution in [0, 0.1) is 0 Å². The van der Waals surface area contributed by atoms with Crippen molar-refractivity contribution in [3.8, 4) is 0 Å². The van der Waals surface area contributed by atoms with Crippen LogP contribution in [-0.2, 0) is 11.2 Å². The summed E-state index contributed by atoms with van der Waals surface area (Å²) < 4.78 is 2.68. The van der Waals surface area contributed by atoms with Gasteiger partial charge in [-0.25, -0.2) is 0 Å². The van der Waals surface area contributed by atoms with Crippen molar-refractivity contribution in [2.24, 2.45) is 5.73 Å². The average molecular weight is 182 g/mol. The van der Waals surface area contributed by atoms with E-state index in [2.05, 4.69) is 17.5 Å². The predicted octanol–water partition coefficient (Wildman–Crippen LogP) is 0.971. The maximum absolute atomic E-state index is 10.6. The summed E-state index contributed by atoms with van der Waals surface area (Å²) in [6, 6.07) is 7.38. The third-order valence-electron chi connectivity index (χ3n) is 1.43. The highest BCUT2D eigenvalue weighted by Crippen LogP contribution is 2.11. The first-order valence-corrected chi connectivity index (χ1v) is 3.94. The van der Waals surface area contributed by atoms with Crippen LogP contribution in [0.25, 0.3) is 0 Å². The molecule has 0 spiro atoms. The van der Waals surface area contributed by atoms with Gasteiger partial charge in [-0.15, -0.1) is 0 Å². The molecule has 64 valence electrons. The van der Waals surface area contributed by atoms with Gasteiger partial charge in [0.25, 0.3) is 0 Å². The second-order valence-corrected chi connectivity index (χ2v) is 2.68. The Hall–Kier alpha value is -1.16. The topological polar surface area (TPSA) is 55.1 Å². The van der Waals surface area contributed by atoms with Gasteiger partial charge >= 0.3 is 0 Å². The predicted molar refractivity (Wildman–Crippen MR) is 51.9 cm³/mol. The maximum Gasteiger partial charge on any atom is 0.221 e. The van der Waals surface area contributed by atoms with E-state index in [-0.39, 0.29) is 12.3 Å². The Kier molecular flexibility index (Phi) is 2.99. The normalized spacial score (nSPS) is 9.42. The van der Waals surface area contributed by atoms with Crippen molar-refractivity contribution in [3.05, 3.63) is 29.8 Å². The molecule has 0 aromatic heterocycles. The van der Waals surface area contributed by atoms with Crippen LogP contribution in [0.15, 0.2) is 24.3 Å². The molecule has 1 aromatic carbocycles. The molecule has 0 saturated heterocycles. The average Bonchev–Trinajstić information content (AvgIpc) is 2.03. The molecule has 1 aromatic rings. The number of amides is 1. The molecule has 1 amide bonds. The largest absolute Gasteiger partial charge is 0.369 e. The summed E-state index contributed by atoms with van der Waals surface area (Å²) in [6.45, 7) is 0. The number of carbonyl (C=O) groups excluding carboxylic acids is 1. The van der Waals surface area contributed by atoms with E-state index in [4.69, 9.17) is 5.73 Å². The third kappa shape index (κ3) is 2.47. The van der Waals surface area contributed by atoms with Crippen molar-refractivity contribution >= 4 is 24.4 Å². The molecule has 1 rings (SSSR count). The first kappa shape index (κ1) is 8.93. The van der Waals surface area contributed by atoms with Gasteiger partial charge in [0.05, 0.1) is 6.42 Å². The van der Waals surface area contributed by atoms with Gasteiger partial charge in [-0.2, -0.15) is 0 Å². The number of primary amides is 1. The number of carbonyl (C=O) groups is 1. The molecule has 0 heterocycles. The molecule has 3 nitrogen and oxygen atoms in total. The number of thiol groups is 1. The van der Waals surface area contributed by atoms with Crippen molar-refractivity contribution in [3.63, 3.8) is 0 Å². The minimum atomic E-state index is -0.327. The quantitative estimate of drug-likeness (QED) is 0.610. The lowest BCUT2D eigenvalue weighted by Gasteiger charge is -2.01. The van der Waals surface area contributed by atoms with Crippen LogP contribution in [0.5, 0.6) is 0 Å². The van der Waals surface area contributed by atoms with Crippen LogP contribution in [0.2, 0.25) is 0 Å². The fourth-order valence-electron chi connectivity index (χ4n) is 0.952. The number of nitrogens with one attached hydrogen (secondary N) is 1. The lowest BCUT2D eigenvalue weighted by Crippen LogP contribution is -2.13. The van der Waals surface area contributed by atoms with E-state index in [0.717, 1.165) is 11.3 Å². The second-order valence-electron chi connectivity index (χ2n) is 2.46. The number of nitrogens with two attached hydrogens (primary N) is 1. The summed E-state index contributed by atoms with van der Waals surface area (Å²) in [7, 11) is 0. The Bertz CT molecular complexity index is 288. The highest BCUT2D eigenvalue weighted by molar-refractivity contribution is 7.81. The standard InChI is InChI=1S/C8H10N2OS/c9-8(11)5-6-2-1-3-7(4-6)10-12/h1-4,10,12H,5H2,(H2,9,11). The van der Waals surface area contributed by atoms with Gasteiger partial charge in [0.2, 0.25) is 5.91 Å². The molecule has 0 atom stereocenters. The van der Waals surface area contributed by atoms with Gasteiger partial charge in [-0.1, -0.05) is 24.9 Å². The fourth-order valence-corrected chi connectivity index (χ4v) is 1.09. The Morgan fingerprint density at radius 1 is 1.58 bits per heavy atom. The number of rotatable bonds is 3. The monoisotopic (exact) mass is 182 g/mol. The van der Waals surface area contributed by atoms with E-state index in [0.29, 0.717) is 0 Å². The molecule has 12 heavy (non-hydrogen) atoms. The first-order valence-electron chi connectivity index (χ1n) is 3.49. The van der Waals surface area contributed by atoms with Crippen molar-refractivity contribution in [1.82, 2.24) is 0 Å². The van der Waals surface area contributed by atoms with Crippen LogP contribution in [0.4, 0.5) is 5.69 Å². The number of hydrogen-bond acceptors (Lipinski definition) is 3. The van der Waals surface area contributed by atoms with E-state index in [1.165, 1.54) is 0 Å². The smallest absolute Gasteiger partial charge is 0.221 e. The molecule has 0 fully saturated rings. The molecule has 4 heteroatoms. The molecule has 0 saturated carbocycles. The van der Waals surface area contributed by atoms with E-state index in [1.807, 2.05) is 24.3 Å². The Morgan fingerprint density at radius 3 is 2.92 bits per heavy atom. The number of benzene rings is 1. The molecule has 0 aliphatic carbocycles. The molecule has 0 radical (unpaired) electrons. The summed E-state index contributed by atoms with van der Waals surface area (Å²) in [5, 5.41) is 0. The number of hydrogen-bond donors (Lipinski definition) is 3. The molecular formula is C8H10N2OS. The molecule has 0 bridgehead atoms. The summed E-state index contributed by atoms with van der Waals surface area (Å²) in [5.74, 6) is -0.327. The fraction of sp³-hybridized carbons (Fsp3) is 0.125. The van der Waals surface area contributed by atoms with Crippen LogP contribution in [-0.4, -0.2) is 5.91 Å². The minimum Gasteiger partial charge on any atom is -0.369 e. The Balaban J connectivity index is 2.79. The number of anilines is 1. The van der Waals surface area contributed by atoms with Gasteiger partial charge in [0.1, 0.15) is 0 Å². The molecule has 3 N–H and O–H groups in total. The van der Waals surface area contributed by atoms with Crippen LogP contribution < -0.4 is 10.5 Å². The van der Waals surface area contributed by atoms with Gasteiger partial charge in [0, 0.05) is 5.69 Å². The van der Waals surface area contributed by atoms with Crippen LogP contribution in [0.1, 0.15) is 5.56 Å². The zero-order valence-corrected chi connectivity index (χ0v) is 7.34. The molecule has 0 unspecified atom stereocenters. The van der Waals surface area contributed by atoms with Crippen molar-refractivity contribution in [2.45, 2.75) is 6.42 Å². The van der Waals surface area contributed by atoms with Gasteiger partial charge in [0.15, 0.2) is 0 Å². The second kappa shape index (κ2) is 4.01. The summed E-state index contributed by atoms with van der Waals surface area (Å²) in [5.41, 5.74) is 6.79. The molecule has 0 aliphatic heterocycles. The zero-order chi connectivity index (χ0) is 8.97. The Morgan fingerprint density at radius 2 is 2.33 bits per heavy atom. The highest BCUT2D eigenvalue weighted by Gasteiger charge is 1.98. The highest BCUT2D eigenvalue weighted by atomic mass is 32.1. The van der Waals surface area contributed by atoms with Gasteiger partial charge in [-0.05, 0) is 17.7 Å². The minimum absolute atomic E-state index is 0.267. The SMILES string of the molecule is NC(=O)Cc1cccc(NS)c1. The van der Waals surface area contributed by atoms with Crippen LogP contribution in [0.3, 0.4) is 0 Å². The van der Waals surface area contributed by atoms with E-state index >= 15 is 0 Å². The van der Waals surface area contributed by atoms with Gasteiger partial charge in [-0.3, -0.25) is 4.79 Å². The maximum atomic E-state index is 10.6. The lowest BCUT2D eigenvalue weighted by molar-refractivity contribution is -0.117. The van der Waals surface area contributed by atoms with Crippen LogP contribution >= 0.6 is 12.8 Å². The van der Waals surface area contributed by atoms with Crippen molar-refractivity contribution < 1.29 is 4.79 Å². The summed E-state index contributed by atoms with van der Waals surface area (Å²) >= 11 is 3.88. The van der Waals surface area contributed by atoms with E-state index in [1.54, 1.807) is 0 Å². The summed E-state index contributed by atoms with van der Waals surface area (Å²) in [6.07, 6.45) is 0.267. The molecular weight excluding hydrogens is 172 g/mol. The Labute approximate surface area is 76.5 Å². The lowest BCUT2D eigenvalue weighted by atomic mass is 10.1. The van der Waals surface area contributed by atoms with Gasteiger partial charge < -0.3 is 10.5 Å². The first-order chi connectivity index (χ1) is 5.72. The van der Waals surface area contributed by atoms with E-state index < -0.39 is 0 Å².